The standard InChI is InChI=1S/C45H31.2ClH.Zr/c1-2-16-32(15-1)43-41-26-10-9-25-40(41)42-29-35-17-5-8-24-39(35)45(42)44(43)36(27-33-20-11-18-30-13-3-6-22-37(30)33)28-34-21-12-19-31-14-4-7-23-38(31)34;;;/h1-15,17-26H,16,27-28H2;2*1H;/q;;;+2/p-2. The SMILES string of the molecule is [Cl-].[Cl-].[Zr+2][C]1=c2ccccc2=c2c1c1ccccc1c(C1=CC=CC1)c2=C(Cc1cccc2ccccc12)Cc1cccc2ccccc12. The first kappa shape index (κ1) is 32.5. The Bertz CT molecular complexity index is 2590. The zero-order valence-corrected chi connectivity index (χ0v) is 30.3. The zero-order chi connectivity index (χ0) is 30.6. The second-order valence-electron chi connectivity index (χ2n) is 12.5. The summed E-state index contributed by atoms with van der Waals surface area (Å²) in [5, 5.41) is 13.7. The van der Waals surface area contributed by atoms with Crippen LogP contribution in [0.5, 0.6) is 0 Å². The summed E-state index contributed by atoms with van der Waals surface area (Å²) in [5.41, 5.74) is 8.52. The van der Waals surface area contributed by atoms with E-state index in [0.717, 1.165) is 19.3 Å². The van der Waals surface area contributed by atoms with E-state index in [2.05, 4.69) is 152 Å². The topological polar surface area (TPSA) is 0 Å². The van der Waals surface area contributed by atoms with E-state index < -0.39 is 0 Å². The molecule has 0 bridgehead atoms. The molecule has 0 nitrogen and oxygen atoms in total. The van der Waals surface area contributed by atoms with Crippen molar-refractivity contribution in [3.63, 3.8) is 0 Å². The van der Waals surface area contributed by atoms with Crippen LogP contribution in [0.2, 0.25) is 0 Å². The normalized spacial score (nSPS) is 12.9. The molecule has 2 aliphatic rings. The molecule has 0 heterocycles. The van der Waals surface area contributed by atoms with E-state index in [0.29, 0.717) is 0 Å². The molecule has 0 saturated carbocycles. The third-order valence-corrected chi connectivity index (χ3v) is 11.2. The van der Waals surface area contributed by atoms with Crippen LogP contribution in [0, 0.1) is 10.4 Å². The van der Waals surface area contributed by atoms with Crippen molar-refractivity contribution in [3.05, 3.63) is 195 Å². The monoisotopic (exact) mass is 731 g/mol. The van der Waals surface area contributed by atoms with E-state index in [1.165, 1.54) is 115 Å². The van der Waals surface area contributed by atoms with Gasteiger partial charge in [-0.1, -0.05) is 0 Å². The first-order chi connectivity index (χ1) is 22.8. The van der Waals surface area contributed by atoms with Crippen molar-refractivity contribution >= 4 is 46.7 Å². The van der Waals surface area contributed by atoms with Crippen molar-refractivity contribution in [2.24, 2.45) is 0 Å². The van der Waals surface area contributed by atoms with Gasteiger partial charge >= 0.3 is 286 Å². The second kappa shape index (κ2) is 13.5. The van der Waals surface area contributed by atoms with Crippen molar-refractivity contribution in [2.75, 3.05) is 0 Å². The Hall–Kier alpha value is -4.00. The fourth-order valence-corrected chi connectivity index (χ4v) is 9.11. The molecule has 48 heavy (non-hydrogen) atoms. The number of allylic oxidation sites excluding steroid dienone is 4. The predicted octanol–water partition coefficient (Wildman–Crippen LogP) is 3.44. The van der Waals surface area contributed by atoms with Crippen LogP contribution in [-0.4, -0.2) is 0 Å². The van der Waals surface area contributed by atoms with Crippen molar-refractivity contribution in [1.29, 1.82) is 0 Å². The molecule has 0 amide bonds. The molecular formula is C45H31Cl2Zr. The Morgan fingerprint density at radius 1 is 0.521 bits per heavy atom. The van der Waals surface area contributed by atoms with E-state index in [4.69, 9.17) is 0 Å². The molecule has 0 unspecified atom stereocenters. The van der Waals surface area contributed by atoms with Gasteiger partial charge in [0.25, 0.3) is 0 Å². The van der Waals surface area contributed by atoms with Crippen molar-refractivity contribution in [3.8, 4) is 0 Å². The zero-order valence-electron chi connectivity index (χ0n) is 26.3. The Morgan fingerprint density at radius 3 is 1.60 bits per heavy atom. The summed E-state index contributed by atoms with van der Waals surface area (Å²) in [5.74, 6) is 0. The Balaban J connectivity index is 0.00000182. The summed E-state index contributed by atoms with van der Waals surface area (Å²) in [7, 11) is 0. The van der Waals surface area contributed by atoms with Gasteiger partial charge in [0, 0.05) is 0 Å². The van der Waals surface area contributed by atoms with Crippen LogP contribution >= 0.6 is 0 Å². The molecule has 0 radical (unpaired) electrons. The van der Waals surface area contributed by atoms with Gasteiger partial charge in [0.1, 0.15) is 0 Å². The molecule has 229 valence electrons. The van der Waals surface area contributed by atoms with Crippen LogP contribution in [0.3, 0.4) is 0 Å². The summed E-state index contributed by atoms with van der Waals surface area (Å²) in [6.45, 7) is 0. The molecule has 7 aromatic rings. The molecule has 7 aromatic carbocycles. The summed E-state index contributed by atoms with van der Waals surface area (Å²) in [6.07, 6.45) is 9.64. The van der Waals surface area contributed by atoms with Crippen LogP contribution in [-0.2, 0) is 37.6 Å². The van der Waals surface area contributed by atoms with Crippen molar-refractivity contribution in [1.82, 2.24) is 0 Å². The summed E-state index contributed by atoms with van der Waals surface area (Å²) < 4.78 is 1.47. The maximum absolute atomic E-state index is 2.37. The molecule has 0 atom stereocenters. The molecule has 0 spiro atoms. The van der Waals surface area contributed by atoms with E-state index in [1.807, 2.05) is 0 Å². The number of fused-ring (bicyclic) bond motifs is 6. The van der Waals surface area contributed by atoms with Gasteiger partial charge in [-0.2, -0.15) is 0 Å². The van der Waals surface area contributed by atoms with E-state index in [-0.39, 0.29) is 24.8 Å². The average Bonchev–Trinajstić information content (AvgIpc) is 3.75. The molecule has 0 aliphatic heterocycles. The van der Waals surface area contributed by atoms with Gasteiger partial charge in [-0.15, -0.1) is 0 Å². The number of benzene rings is 7. The fraction of sp³-hybridized carbons (Fsp3) is 0.0667. The summed E-state index contributed by atoms with van der Waals surface area (Å²) in [6, 6.07) is 49.7. The van der Waals surface area contributed by atoms with Gasteiger partial charge < -0.3 is 24.8 Å². The van der Waals surface area contributed by atoms with Gasteiger partial charge in [0.05, 0.1) is 0 Å². The quantitative estimate of drug-likeness (QED) is 0.255. The van der Waals surface area contributed by atoms with Gasteiger partial charge in [-0.05, 0) is 0 Å². The van der Waals surface area contributed by atoms with Crippen LogP contribution in [0.25, 0.3) is 46.7 Å². The van der Waals surface area contributed by atoms with Crippen LogP contribution in [0.15, 0.2) is 152 Å². The third kappa shape index (κ3) is 5.34. The molecule has 0 N–H and O–H groups in total. The molecular weight excluding hydrogens is 703 g/mol. The Labute approximate surface area is 308 Å². The van der Waals surface area contributed by atoms with E-state index in [1.54, 1.807) is 0 Å². The number of rotatable bonds is 5. The van der Waals surface area contributed by atoms with Gasteiger partial charge in [0.2, 0.25) is 0 Å². The number of halogens is 2. The molecule has 9 rings (SSSR count). The van der Waals surface area contributed by atoms with Gasteiger partial charge in [-0.25, -0.2) is 0 Å². The molecule has 0 fully saturated rings. The average molecular weight is 734 g/mol. The Morgan fingerprint density at radius 2 is 1.02 bits per heavy atom. The Kier molecular flexibility index (Phi) is 9.14. The maximum atomic E-state index is 2.37. The van der Waals surface area contributed by atoms with Gasteiger partial charge in [0.15, 0.2) is 0 Å². The first-order valence-corrected chi connectivity index (χ1v) is 17.4. The second-order valence-corrected chi connectivity index (χ2v) is 13.8. The first-order valence-electron chi connectivity index (χ1n) is 16.2. The third-order valence-electron chi connectivity index (χ3n) is 9.94. The molecule has 3 heteroatoms. The molecule has 0 aromatic heterocycles. The number of hydrogen-bond acceptors (Lipinski definition) is 0. The summed E-state index contributed by atoms with van der Waals surface area (Å²) in [4.78, 5) is 0. The minimum absolute atomic E-state index is 0. The fourth-order valence-electron chi connectivity index (χ4n) is 7.93. The van der Waals surface area contributed by atoms with Gasteiger partial charge in [-0.3, -0.25) is 0 Å². The van der Waals surface area contributed by atoms with Crippen LogP contribution in [0.4, 0.5) is 0 Å². The predicted molar refractivity (Wildman–Crippen MR) is 190 cm³/mol. The molecule has 0 saturated heterocycles. The van der Waals surface area contributed by atoms with Crippen molar-refractivity contribution in [2.45, 2.75) is 19.3 Å². The van der Waals surface area contributed by atoms with E-state index >= 15 is 0 Å². The molecule has 2 aliphatic carbocycles. The van der Waals surface area contributed by atoms with Crippen molar-refractivity contribution < 1.29 is 49.5 Å². The van der Waals surface area contributed by atoms with Crippen LogP contribution < -0.4 is 35.3 Å². The minimum atomic E-state index is 0. The summed E-state index contributed by atoms with van der Waals surface area (Å²) >= 11 is 1.46. The van der Waals surface area contributed by atoms with E-state index in [9.17, 15) is 0 Å². The van der Waals surface area contributed by atoms with Crippen LogP contribution in [0.1, 0.15) is 28.7 Å². The number of hydrogen-bond donors (Lipinski definition) is 0.